The van der Waals surface area contributed by atoms with Crippen molar-refractivity contribution in [3.05, 3.63) is 35.0 Å². The van der Waals surface area contributed by atoms with Crippen LogP contribution >= 0.6 is 0 Å². The number of nitrogens with zero attached hydrogens (tertiary/aromatic N) is 3. The van der Waals surface area contributed by atoms with Crippen LogP contribution in [0.3, 0.4) is 0 Å². The zero-order chi connectivity index (χ0) is 21.4. The van der Waals surface area contributed by atoms with Crippen LogP contribution in [0.1, 0.15) is 62.7 Å². The predicted octanol–water partition coefficient (Wildman–Crippen LogP) is 4.03. The molecule has 1 aromatic rings. The molecule has 160 valence electrons. The van der Waals surface area contributed by atoms with Gasteiger partial charge in [-0.3, -0.25) is 0 Å². The van der Waals surface area contributed by atoms with Gasteiger partial charge in [0.15, 0.2) is 0 Å². The summed E-state index contributed by atoms with van der Waals surface area (Å²) >= 11 is 0. The predicted molar refractivity (Wildman–Crippen MR) is 116 cm³/mol. The first-order valence-electron chi connectivity index (χ1n) is 10.8. The molecule has 7 nitrogen and oxygen atoms in total. The second-order valence-electron chi connectivity index (χ2n) is 7.91. The van der Waals surface area contributed by atoms with Crippen LogP contribution in [-0.4, -0.2) is 44.2 Å². The molecule has 1 atom stereocenters. The van der Waals surface area contributed by atoms with E-state index in [0.717, 1.165) is 35.9 Å². The number of fused-ring (bicyclic) bond motifs is 3. The van der Waals surface area contributed by atoms with E-state index in [0.29, 0.717) is 30.0 Å². The number of ether oxygens (including phenoxy) is 2. The number of guanidine groups is 1. The summed E-state index contributed by atoms with van der Waals surface area (Å²) in [5.41, 5.74) is 3.81. The standard InChI is InChI=1S/C23H29N3O4/c1-5-16-20(22(28)30-4)17(6-2)26-19-13-14(21(27)29-3)11-12-18(19)25(23(26)24-16)15-9-7-8-10-15/h11-13,15,17H,5-10H2,1-4H3. The van der Waals surface area contributed by atoms with Crippen molar-refractivity contribution in [1.29, 1.82) is 0 Å². The lowest BCUT2D eigenvalue weighted by Crippen LogP contribution is -2.51. The highest BCUT2D eigenvalue weighted by Gasteiger charge is 2.46. The molecule has 0 spiro atoms. The van der Waals surface area contributed by atoms with E-state index in [2.05, 4.69) is 16.7 Å². The van der Waals surface area contributed by atoms with Crippen molar-refractivity contribution in [3.8, 4) is 0 Å². The zero-order valence-electron chi connectivity index (χ0n) is 18.1. The van der Waals surface area contributed by atoms with Crippen LogP contribution in [0, 0.1) is 0 Å². The lowest BCUT2D eigenvalue weighted by atomic mass is 9.97. The fourth-order valence-electron chi connectivity index (χ4n) is 4.96. The maximum absolute atomic E-state index is 12.7. The normalized spacial score (nSPS) is 20.8. The minimum absolute atomic E-state index is 0.196. The van der Waals surface area contributed by atoms with Gasteiger partial charge in [0.25, 0.3) is 0 Å². The van der Waals surface area contributed by atoms with E-state index in [9.17, 15) is 9.59 Å². The second-order valence-corrected chi connectivity index (χ2v) is 7.91. The molecule has 3 aliphatic rings. The molecule has 4 rings (SSSR count). The summed E-state index contributed by atoms with van der Waals surface area (Å²) in [7, 11) is 2.79. The summed E-state index contributed by atoms with van der Waals surface area (Å²) in [6.07, 6.45) is 5.98. The second kappa shape index (κ2) is 8.13. The van der Waals surface area contributed by atoms with Crippen molar-refractivity contribution in [2.45, 2.75) is 64.5 Å². The average Bonchev–Trinajstić information content (AvgIpc) is 3.41. The Kier molecular flexibility index (Phi) is 5.54. The van der Waals surface area contributed by atoms with Crippen LogP contribution in [0.4, 0.5) is 11.4 Å². The molecule has 7 heteroatoms. The van der Waals surface area contributed by atoms with E-state index >= 15 is 0 Å². The van der Waals surface area contributed by atoms with Gasteiger partial charge < -0.3 is 19.3 Å². The van der Waals surface area contributed by atoms with Crippen LogP contribution in [0.5, 0.6) is 0 Å². The third-order valence-electron chi connectivity index (χ3n) is 6.35. The molecule has 2 heterocycles. The van der Waals surface area contributed by atoms with Crippen molar-refractivity contribution in [3.63, 3.8) is 0 Å². The van der Waals surface area contributed by atoms with Crippen molar-refractivity contribution in [2.75, 3.05) is 24.0 Å². The van der Waals surface area contributed by atoms with Gasteiger partial charge in [-0.2, -0.15) is 0 Å². The number of benzene rings is 1. The molecule has 30 heavy (non-hydrogen) atoms. The number of esters is 2. The quantitative estimate of drug-likeness (QED) is 0.682. The van der Waals surface area contributed by atoms with Gasteiger partial charge in [-0.25, -0.2) is 14.6 Å². The third-order valence-corrected chi connectivity index (χ3v) is 6.35. The number of hydrogen-bond acceptors (Lipinski definition) is 7. The molecule has 1 saturated carbocycles. The topological polar surface area (TPSA) is 71.4 Å². The molecule has 1 aromatic carbocycles. The number of carbonyl (C=O) groups is 2. The van der Waals surface area contributed by atoms with Gasteiger partial charge in [0.2, 0.25) is 5.96 Å². The van der Waals surface area contributed by atoms with Crippen molar-refractivity contribution in [1.82, 2.24) is 0 Å². The third kappa shape index (κ3) is 3.07. The fourth-order valence-corrected chi connectivity index (χ4v) is 4.96. The van der Waals surface area contributed by atoms with E-state index < -0.39 is 0 Å². The highest BCUT2D eigenvalue weighted by atomic mass is 16.5. The Morgan fingerprint density at radius 2 is 1.73 bits per heavy atom. The maximum atomic E-state index is 12.7. The monoisotopic (exact) mass is 411 g/mol. The first-order valence-corrected chi connectivity index (χ1v) is 10.8. The summed E-state index contributed by atoms with van der Waals surface area (Å²) in [6.45, 7) is 4.08. The lowest BCUT2D eigenvalue weighted by molar-refractivity contribution is -0.136. The first-order chi connectivity index (χ1) is 14.5. The van der Waals surface area contributed by atoms with E-state index in [-0.39, 0.29) is 18.0 Å². The van der Waals surface area contributed by atoms with E-state index in [4.69, 9.17) is 14.5 Å². The molecule has 0 radical (unpaired) electrons. The van der Waals surface area contributed by atoms with Crippen LogP contribution in [0.15, 0.2) is 34.5 Å². The Balaban J connectivity index is 1.92. The molecule has 0 saturated heterocycles. The Hall–Kier alpha value is -2.83. The highest BCUT2D eigenvalue weighted by molar-refractivity contribution is 6.19. The summed E-state index contributed by atoms with van der Waals surface area (Å²) in [6, 6.07) is 5.82. The van der Waals surface area contributed by atoms with Crippen LogP contribution < -0.4 is 9.80 Å². The fraction of sp³-hybridized carbons (Fsp3) is 0.522. The number of aliphatic imine (C=N–C) groups is 1. The number of carbonyl (C=O) groups excluding carboxylic acids is 2. The molecule has 0 bridgehead atoms. The number of methoxy groups -OCH3 is 2. The van der Waals surface area contributed by atoms with Crippen LogP contribution in [-0.2, 0) is 14.3 Å². The summed E-state index contributed by atoms with van der Waals surface area (Å²) < 4.78 is 10.1. The zero-order valence-corrected chi connectivity index (χ0v) is 18.1. The van der Waals surface area contributed by atoms with E-state index in [1.54, 1.807) is 0 Å². The Morgan fingerprint density at radius 3 is 2.33 bits per heavy atom. The Labute approximate surface area is 177 Å². The average molecular weight is 412 g/mol. The van der Waals surface area contributed by atoms with Crippen LogP contribution in [0.25, 0.3) is 0 Å². The van der Waals surface area contributed by atoms with Crippen LogP contribution in [0.2, 0.25) is 0 Å². The maximum Gasteiger partial charge on any atom is 0.337 e. The highest BCUT2D eigenvalue weighted by Crippen LogP contribution is 2.46. The minimum atomic E-state index is -0.376. The molecule has 0 aromatic heterocycles. The molecular formula is C23H29N3O4. The van der Waals surface area contributed by atoms with Crippen molar-refractivity contribution in [2.24, 2.45) is 4.99 Å². The summed E-state index contributed by atoms with van der Waals surface area (Å²) in [4.78, 5) is 34.3. The molecule has 0 N–H and O–H groups in total. The van der Waals surface area contributed by atoms with Gasteiger partial charge in [-0.1, -0.05) is 26.7 Å². The molecule has 1 fully saturated rings. The van der Waals surface area contributed by atoms with Crippen molar-refractivity contribution >= 4 is 29.3 Å². The minimum Gasteiger partial charge on any atom is -0.466 e. The molecule has 2 aliphatic heterocycles. The number of hydrogen-bond donors (Lipinski definition) is 0. The van der Waals surface area contributed by atoms with Gasteiger partial charge >= 0.3 is 11.9 Å². The molecule has 0 amide bonds. The van der Waals surface area contributed by atoms with Gasteiger partial charge in [-0.15, -0.1) is 0 Å². The lowest BCUT2D eigenvalue weighted by Gasteiger charge is -2.37. The molecule has 1 unspecified atom stereocenters. The van der Waals surface area contributed by atoms with Gasteiger partial charge in [0.05, 0.1) is 48.5 Å². The first kappa shape index (κ1) is 20.4. The molecule has 1 aliphatic carbocycles. The number of rotatable bonds is 5. The number of anilines is 2. The van der Waals surface area contributed by atoms with E-state index in [1.807, 2.05) is 25.1 Å². The number of allylic oxidation sites excluding steroid dienone is 1. The SMILES string of the molecule is CCC1=C(C(=O)OC)C(CC)N2C(=N1)N(C1CCCC1)c1ccc(C(=O)OC)cc12. The van der Waals surface area contributed by atoms with Crippen molar-refractivity contribution < 1.29 is 19.1 Å². The largest absolute Gasteiger partial charge is 0.466 e. The van der Waals surface area contributed by atoms with Gasteiger partial charge in [0.1, 0.15) is 0 Å². The van der Waals surface area contributed by atoms with Gasteiger partial charge in [-0.05, 0) is 43.9 Å². The van der Waals surface area contributed by atoms with E-state index in [1.165, 1.54) is 27.1 Å². The van der Waals surface area contributed by atoms with Gasteiger partial charge in [0, 0.05) is 6.04 Å². The summed E-state index contributed by atoms with van der Waals surface area (Å²) in [5, 5.41) is 0. The Bertz CT molecular complexity index is 930. The summed E-state index contributed by atoms with van der Waals surface area (Å²) in [5.74, 6) is 0.139. The molecular weight excluding hydrogens is 382 g/mol. The smallest absolute Gasteiger partial charge is 0.337 e. The Morgan fingerprint density at radius 1 is 1.03 bits per heavy atom.